The molecule has 6 heteroatoms. The average Bonchev–Trinajstić information content (AvgIpc) is 2.39. The Hall–Kier alpha value is -1.66. The molecule has 1 aromatic rings. The van der Waals surface area contributed by atoms with Crippen LogP contribution in [0.1, 0.15) is 31.9 Å². The van der Waals surface area contributed by atoms with E-state index in [0.717, 1.165) is 0 Å². The molecule has 1 aromatic carbocycles. The molecule has 0 saturated carbocycles. The van der Waals surface area contributed by atoms with Crippen molar-refractivity contribution in [3.05, 3.63) is 33.9 Å². The SMILES string of the molecule is CCN(CCCO)c1ccc([C@@H](C)O)cc1[N+](=O)[O-]. The summed E-state index contributed by atoms with van der Waals surface area (Å²) in [5, 5.41) is 29.5. The Morgan fingerprint density at radius 1 is 1.47 bits per heavy atom. The number of rotatable bonds is 7. The standard InChI is InChI=1S/C13H20N2O4/c1-3-14(7-4-8-16)12-6-5-11(10(2)17)9-13(12)15(18)19/h5-6,9-10,16-17H,3-4,7-8H2,1-2H3/t10-/m1/s1. The molecule has 0 spiro atoms. The van der Waals surface area contributed by atoms with Crippen molar-refractivity contribution in [3.8, 4) is 0 Å². The van der Waals surface area contributed by atoms with Crippen molar-refractivity contribution in [2.24, 2.45) is 0 Å². The average molecular weight is 268 g/mol. The maximum absolute atomic E-state index is 11.1. The first-order chi connectivity index (χ1) is 9.01. The van der Waals surface area contributed by atoms with E-state index in [4.69, 9.17) is 5.11 Å². The second-order valence-electron chi connectivity index (χ2n) is 4.34. The van der Waals surface area contributed by atoms with Crippen LogP contribution in [0.2, 0.25) is 0 Å². The van der Waals surface area contributed by atoms with E-state index >= 15 is 0 Å². The number of benzene rings is 1. The minimum atomic E-state index is -0.736. The van der Waals surface area contributed by atoms with Crippen molar-refractivity contribution in [2.45, 2.75) is 26.4 Å². The molecule has 106 valence electrons. The van der Waals surface area contributed by atoms with E-state index in [9.17, 15) is 15.2 Å². The lowest BCUT2D eigenvalue weighted by Gasteiger charge is -2.23. The molecule has 1 atom stereocenters. The highest BCUT2D eigenvalue weighted by atomic mass is 16.6. The third-order valence-electron chi connectivity index (χ3n) is 2.99. The Bertz CT molecular complexity index is 435. The molecule has 2 N–H and O–H groups in total. The number of nitro benzene ring substituents is 1. The summed E-state index contributed by atoms with van der Waals surface area (Å²) in [4.78, 5) is 12.5. The van der Waals surface area contributed by atoms with Crippen molar-refractivity contribution < 1.29 is 15.1 Å². The molecule has 0 aliphatic rings. The Morgan fingerprint density at radius 2 is 2.16 bits per heavy atom. The van der Waals surface area contributed by atoms with E-state index < -0.39 is 11.0 Å². The van der Waals surface area contributed by atoms with Crippen molar-refractivity contribution in [1.82, 2.24) is 0 Å². The summed E-state index contributed by atoms with van der Waals surface area (Å²) in [6.45, 7) is 4.71. The van der Waals surface area contributed by atoms with Crippen LogP contribution in [0.4, 0.5) is 11.4 Å². The molecule has 0 saturated heterocycles. The van der Waals surface area contributed by atoms with Crippen LogP contribution >= 0.6 is 0 Å². The van der Waals surface area contributed by atoms with Crippen LogP contribution in [0, 0.1) is 10.1 Å². The maximum Gasteiger partial charge on any atom is 0.292 e. The molecule has 0 amide bonds. The van der Waals surface area contributed by atoms with Crippen molar-refractivity contribution in [2.75, 3.05) is 24.6 Å². The summed E-state index contributed by atoms with van der Waals surface area (Å²) in [5.41, 5.74) is 1.03. The van der Waals surface area contributed by atoms with Crippen LogP contribution < -0.4 is 4.90 Å². The molecule has 0 unspecified atom stereocenters. The highest BCUT2D eigenvalue weighted by Crippen LogP contribution is 2.31. The van der Waals surface area contributed by atoms with Gasteiger partial charge in [-0.2, -0.15) is 0 Å². The van der Waals surface area contributed by atoms with E-state index in [1.54, 1.807) is 19.1 Å². The zero-order valence-electron chi connectivity index (χ0n) is 11.2. The zero-order chi connectivity index (χ0) is 14.4. The first kappa shape index (κ1) is 15.4. The van der Waals surface area contributed by atoms with E-state index in [1.807, 2.05) is 11.8 Å². The van der Waals surface area contributed by atoms with Gasteiger partial charge in [0.25, 0.3) is 5.69 Å². The predicted octanol–water partition coefficient (Wildman–Crippen LogP) is 1.86. The molecule has 0 heterocycles. The number of hydrogen-bond donors (Lipinski definition) is 2. The largest absolute Gasteiger partial charge is 0.396 e. The first-order valence-corrected chi connectivity index (χ1v) is 6.33. The number of nitrogens with zero attached hydrogens (tertiary/aromatic N) is 2. The minimum Gasteiger partial charge on any atom is -0.396 e. The lowest BCUT2D eigenvalue weighted by Crippen LogP contribution is -2.25. The van der Waals surface area contributed by atoms with Gasteiger partial charge in [-0.15, -0.1) is 0 Å². The van der Waals surface area contributed by atoms with Gasteiger partial charge in [0.2, 0.25) is 0 Å². The summed E-state index contributed by atoms with van der Waals surface area (Å²) < 4.78 is 0. The number of anilines is 1. The maximum atomic E-state index is 11.1. The number of nitro groups is 1. The molecular formula is C13H20N2O4. The Balaban J connectivity index is 3.14. The summed E-state index contributed by atoms with van der Waals surface area (Å²) in [5.74, 6) is 0. The Morgan fingerprint density at radius 3 is 2.63 bits per heavy atom. The smallest absolute Gasteiger partial charge is 0.292 e. The van der Waals surface area contributed by atoms with Gasteiger partial charge in [-0.25, -0.2) is 0 Å². The summed E-state index contributed by atoms with van der Waals surface area (Å²) in [6, 6.07) is 4.75. The van der Waals surface area contributed by atoms with Crippen LogP contribution in [0.5, 0.6) is 0 Å². The second-order valence-corrected chi connectivity index (χ2v) is 4.34. The van der Waals surface area contributed by atoms with Gasteiger partial charge in [-0.05, 0) is 31.9 Å². The van der Waals surface area contributed by atoms with Crippen LogP contribution in [-0.2, 0) is 0 Å². The molecule has 0 bridgehead atoms. The predicted molar refractivity (Wildman–Crippen MR) is 73.3 cm³/mol. The van der Waals surface area contributed by atoms with Gasteiger partial charge in [0.05, 0.1) is 11.0 Å². The van der Waals surface area contributed by atoms with Crippen molar-refractivity contribution in [1.29, 1.82) is 0 Å². The topological polar surface area (TPSA) is 86.8 Å². The fraction of sp³-hybridized carbons (Fsp3) is 0.538. The molecular weight excluding hydrogens is 248 g/mol. The van der Waals surface area contributed by atoms with Crippen LogP contribution in [0.3, 0.4) is 0 Å². The lowest BCUT2D eigenvalue weighted by molar-refractivity contribution is -0.384. The molecule has 0 fully saturated rings. The fourth-order valence-electron chi connectivity index (χ4n) is 1.92. The van der Waals surface area contributed by atoms with Gasteiger partial charge in [0, 0.05) is 25.8 Å². The first-order valence-electron chi connectivity index (χ1n) is 6.33. The number of aliphatic hydroxyl groups is 2. The van der Waals surface area contributed by atoms with Gasteiger partial charge in [0.15, 0.2) is 0 Å². The molecule has 0 aromatic heterocycles. The molecule has 6 nitrogen and oxygen atoms in total. The Labute approximate surface area is 112 Å². The van der Waals surface area contributed by atoms with Crippen LogP contribution in [0.15, 0.2) is 18.2 Å². The van der Waals surface area contributed by atoms with Gasteiger partial charge >= 0.3 is 0 Å². The van der Waals surface area contributed by atoms with E-state index in [2.05, 4.69) is 0 Å². The van der Waals surface area contributed by atoms with Crippen molar-refractivity contribution >= 4 is 11.4 Å². The second kappa shape index (κ2) is 7.06. The van der Waals surface area contributed by atoms with Crippen molar-refractivity contribution in [3.63, 3.8) is 0 Å². The highest BCUT2D eigenvalue weighted by molar-refractivity contribution is 5.64. The summed E-state index contributed by atoms with van der Waals surface area (Å²) in [7, 11) is 0. The van der Waals surface area contributed by atoms with Gasteiger partial charge in [-0.1, -0.05) is 6.07 Å². The Kier molecular flexibility index (Phi) is 5.72. The lowest BCUT2D eigenvalue weighted by atomic mass is 10.1. The fourth-order valence-corrected chi connectivity index (χ4v) is 1.92. The van der Waals surface area contributed by atoms with Gasteiger partial charge in [-0.3, -0.25) is 10.1 Å². The molecule has 19 heavy (non-hydrogen) atoms. The molecule has 1 rings (SSSR count). The summed E-state index contributed by atoms with van der Waals surface area (Å²) in [6.07, 6.45) is -0.177. The van der Waals surface area contributed by atoms with E-state index in [1.165, 1.54) is 6.07 Å². The normalized spacial score (nSPS) is 12.2. The minimum absolute atomic E-state index is 0.0156. The monoisotopic (exact) mass is 268 g/mol. The highest BCUT2D eigenvalue weighted by Gasteiger charge is 2.20. The molecule has 0 aliphatic heterocycles. The van der Waals surface area contributed by atoms with Crippen LogP contribution in [0.25, 0.3) is 0 Å². The third kappa shape index (κ3) is 3.90. The van der Waals surface area contributed by atoms with Gasteiger partial charge < -0.3 is 15.1 Å². The molecule has 0 aliphatic carbocycles. The zero-order valence-corrected chi connectivity index (χ0v) is 11.2. The summed E-state index contributed by atoms with van der Waals surface area (Å²) >= 11 is 0. The van der Waals surface area contributed by atoms with Gasteiger partial charge in [0.1, 0.15) is 5.69 Å². The quantitative estimate of drug-likeness (QED) is 0.582. The van der Waals surface area contributed by atoms with Crippen LogP contribution in [-0.4, -0.2) is 34.8 Å². The van der Waals surface area contributed by atoms with E-state index in [0.29, 0.717) is 30.8 Å². The number of hydrogen-bond acceptors (Lipinski definition) is 5. The molecule has 0 radical (unpaired) electrons. The third-order valence-corrected chi connectivity index (χ3v) is 2.99. The number of aliphatic hydroxyl groups excluding tert-OH is 2. The van der Waals surface area contributed by atoms with E-state index in [-0.39, 0.29) is 12.3 Å².